The quantitative estimate of drug-likeness (QED) is 0.850. The maximum atomic E-state index is 11.9. The molecule has 1 aliphatic carbocycles. The van der Waals surface area contributed by atoms with Gasteiger partial charge >= 0.3 is 5.97 Å². The summed E-state index contributed by atoms with van der Waals surface area (Å²) in [6.45, 7) is 0.302. The zero-order chi connectivity index (χ0) is 14.7. The van der Waals surface area contributed by atoms with Crippen LogP contribution >= 0.6 is 23.2 Å². The molecule has 1 fully saturated rings. The monoisotopic (exact) mass is 315 g/mol. The number of hydrogen-bond donors (Lipinski definition) is 1. The number of nitrogens with one attached hydrogen (secondary N) is 1. The van der Waals surface area contributed by atoms with Crippen LogP contribution in [0.1, 0.15) is 24.3 Å². The van der Waals surface area contributed by atoms with Crippen LogP contribution in [-0.2, 0) is 14.3 Å². The molecule has 0 aromatic heterocycles. The predicted molar refractivity (Wildman–Crippen MR) is 77.0 cm³/mol. The van der Waals surface area contributed by atoms with Crippen LogP contribution in [0.4, 0.5) is 0 Å². The van der Waals surface area contributed by atoms with Crippen LogP contribution in [0.15, 0.2) is 18.2 Å². The molecule has 1 N–H and O–H groups in total. The van der Waals surface area contributed by atoms with Gasteiger partial charge in [-0.3, -0.25) is 9.59 Å². The molecule has 0 radical (unpaired) electrons. The van der Waals surface area contributed by atoms with Gasteiger partial charge in [-0.2, -0.15) is 0 Å². The third-order valence-electron chi connectivity index (χ3n) is 3.36. The van der Waals surface area contributed by atoms with Gasteiger partial charge in [-0.1, -0.05) is 29.3 Å². The summed E-state index contributed by atoms with van der Waals surface area (Å²) in [4.78, 5) is 22.8. The lowest BCUT2D eigenvalue weighted by molar-refractivity contribution is -0.140. The van der Waals surface area contributed by atoms with Gasteiger partial charge in [-0.05, 0) is 30.0 Å². The summed E-state index contributed by atoms with van der Waals surface area (Å²) in [6, 6.07) is 5.43. The second kappa shape index (κ2) is 6.46. The first-order valence-electron chi connectivity index (χ1n) is 6.32. The highest BCUT2D eigenvalue weighted by Gasteiger charge is 2.43. The average Bonchev–Trinajstić information content (AvgIpc) is 3.22. The zero-order valence-electron chi connectivity index (χ0n) is 11.0. The van der Waals surface area contributed by atoms with Crippen LogP contribution < -0.4 is 5.32 Å². The van der Waals surface area contributed by atoms with Crippen LogP contribution in [0.2, 0.25) is 10.0 Å². The molecule has 4 nitrogen and oxygen atoms in total. The fourth-order valence-corrected chi connectivity index (χ4v) is 2.42. The van der Waals surface area contributed by atoms with Crippen molar-refractivity contribution in [1.82, 2.24) is 5.32 Å². The zero-order valence-corrected chi connectivity index (χ0v) is 12.5. The first-order chi connectivity index (χ1) is 9.52. The van der Waals surface area contributed by atoms with Crippen molar-refractivity contribution in [2.45, 2.75) is 18.8 Å². The fraction of sp³-hybridized carbons (Fsp3) is 0.429. The topological polar surface area (TPSA) is 55.4 Å². The molecule has 108 valence electrons. The molecule has 1 aliphatic rings. The van der Waals surface area contributed by atoms with E-state index in [1.807, 2.05) is 6.07 Å². The highest BCUT2D eigenvalue weighted by molar-refractivity contribution is 6.42. The van der Waals surface area contributed by atoms with E-state index in [0.717, 1.165) is 12.0 Å². The van der Waals surface area contributed by atoms with Crippen molar-refractivity contribution in [3.8, 4) is 0 Å². The summed E-state index contributed by atoms with van der Waals surface area (Å²) in [6.07, 6.45) is 0.981. The van der Waals surface area contributed by atoms with E-state index in [1.165, 1.54) is 7.11 Å². The molecule has 0 unspecified atom stereocenters. The molecule has 1 saturated carbocycles. The van der Waals surface area contributed by atoms with Crippen molar-refractivity contribution >= 4 is 35.1 Å². The lowest BCUT2D eigenvalue weighted by atomic mass is 10.1. The van der Waals surface area contributed by atoms with Crippen molar-refractivity contribution in [1.29, 1.82) is 0 Å². The van der Waals surface area contributed by atoms with Crippen LogP contribution in [0.5, 0.6) is 0 Å². The van der Waals surface area contributed by atoms with E-state index in [1.54, 1.807) is 12.1 Å². The number of ether oxygens (including phenoxy) is 1. The first kappa shape index (κ1) is 15.1. The van der Waals surface area contributed by atoms with E-state index in [-0.39, 0.29) is 30.1 Å². The van der Waals surface area contributed by atoms with Crippen LogP contribution in [0.25, 0.3) is 0 Å². The summed E-state index contributed by atoms with van der Waals surface area (Å²) >= 11 is 11.8. The van der Waals surface area contributed by atoms with Crippen LogP contribution in [-0.4, -0.2) is 25.5 Å². The SMILES string of the molecule is COC(=O)CCNC(=O)[C@@H]1C[C@@H]1c1ccc(Cl)c(Cl)c1. The van der Waals surface area contributed by atoms with Crippen LogP contribution in [0, 0.1) is 5.92 Å². The van der Waals surface area contributed by atoms with Gasteiger partial charge in [0.1, 0.15) is 0 Å². The van der Waals surface area contributed by atoms with Crippen molar-refractivity contribution < 1.29 is 14.3 Å². The number of carbonyl (C=O) groups is 2. The number of rotatable bonds is 5. The Labute approximate surface area is 127 Å². The molecule has 0 saturated heterocycles. The van der Waals surface area contributed by atoms with Crippen molar-refractivity contribution in [2.24, 2.45) is 5.92 Å². The standard InChI is InChI=1S/C14H15Cl2NO3/c1-20-13(18)4-5-17-14(19)10-7-9(10)8-2-3-11(15)12(16)6-8/h2-3,6,9-10H,4-5,7H2,1H3,(H,17,19)/t9-,10-/m1/s1. The molecule has 0 spiro atoms. The van der Waals surface area contributed by atoms with Gasteiger partial charge in [-0.15, -0.1) is 0 Å². The molecule has 20 heavy (non-hydrogen) atoms. The van der Waals surface area contributed by atoms with Crippen LogP contribution in [0.3, 0.4) is 0 Å². The summed E-state index contributed by atoms with van der Waals surface area (Å²) in [7, 11) is 1.32. The van der Waals surface area contributed by atoms with Gasteiger partial charge in [0.15, 0.2) is 0 Å². The van der Waals surface area contributed by atoms with E-state index in [4.69, 9.17) is 23.2 Å². The molecule has 0 aliphatic heterocycles. The summed E-state index contributed by atoms with van der Waals surface area (Å²) in [5, 5.41) is 3.75. The lowest BCUT2D eigenvalue weighted by Crippen LogP contribution is -2.28. The largest absolute Gasteiger partial charge is 0.469 e. The van der Waals surface area contributed by atoms with Gasteiger partial charge < -0.3 is 10.1 Å². The van der Waals surface area contributed by atoms with Crippen molar-refractivity contribution in [3.63, 3.8) is 0 Å². The Kier molecular flexibility index (Phi) is 4.89. The third kappa shape index (κ3) is 3.64. The van der Waals surface area contributed by atoms with Gasteiger partial charge in [-0.25, -0.2) is 0 Å². The minimum Gasteiger partial charge on any atom is -0.469 e. The molecular formula is C14H15Cl2NO3. The summed E-state index contributed by atoms with van der Waals surface area (Å²) < 4.78 is 4.51. The van der Waals surface area contributed by atoms with Gasteiger partial charge in [0.25, 0.3) is 0 Å². The second-order valence-corrected chi connectivity index (χ2v) is 5.55. The van der Waals surface area contributed by atoms with Gasteiger partial charge in [0.2, 0.25) is 5.91 Å². The average molecular weight is 316 g/mol. The molecule has 6 heteroatoms. The molecular weight excluding hydrogens is 301 g/mol. The Morgan fingerprint density at radius 1 is 1.35 bits per heavy atom. The Morgan fingerprint density at radius 3 is 2.75 bits per heavy atom. The number of benzene rings is 1. The smallest absolute Gasteiger partial charge is 0.307 e. The number of hydrogen-bond acceptors (Lipinski definition) is 3. The molecule has 0 bridgehead atoms. The van der Waals surface area contributed by atoms with Crippen molar-refractivity contribution in [3.05, 3.63) is 33.8 Å². The molecule has 2 rings (SSSR count). The van der Waals surface area contributed by atoms with Crippen molar-refractivity contribution in [2.75, 3.05) is 13.7 Å². The highest BCUT2D eigenvalue weighted by atomic mass is 35.5. The van der Waals surface area contributed by atoms with E-state index in [2.05, 4.69) is 10.1 Å². The third-order valence-corrected chi connectivity index (χ3v) is 4.09. The fourth-order valence-electron chi connectivity index (χ4n) is 2.12. The molecule has 1 amide bonds. The Hall–Kier alpha value is -1.26. The minimum atomic E-state index is -0.331. The number of amides is 1. The molecule has 0 heterocycles. The van der Waals surface area contributed by atoms with Gasteiger partial charge in [0.05, 0.1) is 23.6 Å². The Morgan fingerprint density at radius 2 is 2.10 bits per heavy atom. The number of carbonyl (C=O) groups excluding carboxylic acids is 2. The summed E-state index contributed by atoms with van der Waals surface area (Å²) in [5.41, 5.74) is 1.02. The Balaban J connectivity index is 1.83. The van der Waals surface area contributed by atoms with E-state index in [9.17, 15) is 9.59 Å². The second-order valence-electron chi connectivity index (χ2n) is 4.74. The van der Waals surface area contributed by atoms with Gasteiger partial charge in [0, 0.05) is 12.5 Å². The molecule has 1 aromatic rings. The predicted octanol–water partition coefficient (Wildman–Crippen LogP) is 2.78. The Bertz CT molecular complexity index is 533. The number of methoxy groups -OCH3 is 1. The molecule has 2 atom stereocenters. The van der Waals surface area contributed by atoms with E-state index < -0.39 is 0 Å². The number of esters is 1. The normalized spacial score (nSPS) is 20.4. The minimum absolute atomic E-state index is 0.0371. The lowest BCUT2D eigenvalue weighted by Gasteiger charge is -2.05. The maximum Gasteiger partial charge on any atom is 0.307 e. The number of halogens is 2. The van der Waals surface area contributed by atoms with E-state index >= 15 is 0 Å². The summed E-state index contributed by atoms with van der Waals surface area (Å²) in [5.74, 6) is -0.236. The highest BCUT2D eigenvalue weighted by Crippen LogP contribution is 2.48. The molecule has 1 aromatic carbocycles. The first-order valence-corrected chi connectivity index (χ1v) is 7.08. The van der Waals surface area contributed by atoms with E-state index in [0.29, 0.717) is 16.6 Å². The maximum absolute atomic E-state index is 11.9.